The summed E-state index contributed by atoms with van der Waals surface area (Å²) in [4.78, 5) is 0.324. The first kappa shape index (κ1) is 17.0. The van der Waals surface area contributed by atoms with Gasteiger partial charge in [0.2, 0.25) is 10.0 Å². The third-order valence-electron chi connectivity index (χ3n) is 4.08. The summed E-state index contributed by atoms with van der Waals surface area (Å²) in [7, 11) is -3.43. The Labute approximate surface area is 143 Å². The van der Waals surface area contributed by atoms with E-state index in [-0.39, 0.29) is 0 Å². The molecule has 1 aliphatic rings. The zero-order valence-corrected chi connectivity index (χ0v) is 14.6. The van der Waals surface area contributed by atoms with E-state index < -0.39 is 10.0 Å². The molecule has 0 bridgehead atoms. The van der Waals surface area contributed by atoms with Gasteiger partial charge >= 0.3 is 0 Å². The van der Waals surface area contributed by atoms with Gasteiger partial charge in [-0.25, -0.2) is 8.42 Å². The van der Waals surface area contributed by atoms with E-state index in [4.69, 9.17) is 4.74 Å². The molecule has 0 atom stereocenters. The number of sulfonamides is 1. The maximum absolute atomic E-state index is 12.6. The first-order valence-corrected chi connectivity index (χ1v) is 9.47. The minimum Gasteiger partial charge on any atom is -0.381 e. The quantitative estimate of drug-likeness (QED) is 0.904. The highest BCUT2D eigenvalue weighted by atomic mass is 32.2. The number of morpholine rings is 1. The highest BCUT2D eigenvalue weighted by Crippen LogP contribution is 2.19. The van der Waals surface area contributed by atoms with Crippen LogP contribution in [0.15, 0.2) is 53.4 Å². The molecule has 0 aromatic heterocycles. The van der Waals surface area contributed by atoms with Crippen LogP contribution in [0.2, 0.25) is 0 Å². The second-order valence-electron chi connectivity index (χ2n) is 5.88. The first-order valence-electron chi connectivity index (χ1n) is 8.03. The molecule has 0 saturated carbocycles. The van der Waals surface area contributed by atoms with Crippen LogP contribution in [-0.4, -0.2) is 39.0 Å². The molecular formula is C18H22N2O3S. The second-order valence-corrected chi connectivity index (χ2v) is 7.82. The number of benzene rings is 2. The van der Waals surface area contributed by atoms with Crippen molar-refractivity contribution in [1.82, 2.24) is 4.31 Å². The SMILES string of the molecule is Cc1ccc(CNc2ccc(S(=O)(=O)N3CCOCC3)cc2)cc1. The average Bonchev–Trinajstić information content (AvgIpc) is 2.62. The number of nitrogens with one attached hydrogen (secondary N) is 1. The Morgan fingerprint density at radius 2 is 1.62 bits per heavy atom. The third kappa shape index (κ3) is 3.95. The lowest BCUT2D eigenvalue weighted by molar-refractivity contribution is 0.0730. The fourth-order valence-corrected chi connectivity index (χ4v) is 4.00. The van der Waals surface area contributed by atoms with Crippen molar-refractivity contribution in [2.75, 3.05) is 31.6 Å². The fraction of sp³-hybridized carbons (Fsp3) is 0.333. The molecule has 0 aliphatic carbocycles. The van der Waals surface area contributed by atoms with Crippen molar-refractivity contribution >= 4 is 15.7 Å². The molecular weight excluding hydrogens is 324 g/mol. The van der Waals surface area contributed by atoms with Crippen molar-refractivity contribution in [3.05, 3.63) is 59.7 Å². The van der Waals surface area contributed by atoms with Crippen LogP contribution < -0.4 is 5.32 Å². The highest BCUT2D eigenvalue weighted by Gasteiger charge is 2.25. The Hall–Kier alpha value is -1.89. The smallest absolute Gasteiger partial charge is 0.243 e. The number of nitrogens with zero attached hydrogens (tertiary/aromatic N) is 1. The van der Waals surface area contributed by atoms with Crippen molar-refractivity contribution in [3.8, 4) is 0 Å². The number of aryl methyl sites for hydroxylation is 1. The molecule has 1 saturated heterocycles. The predicted octanol–water partition coefficient (Wildman–Crippen LogP) is 2.63. The van der Waals surface area contributed by atoms with Crippen LogP contribution in [0, 0.1) is 6.92 Å². The summed E-state index contributed by atoms with van der Waals surface area (Å²) in [5.74, 6) is 0. The van der Waals surface area contributed by atoms with Crippen LogP contribution in [0.3, 0.4) is 0 Å². The maximum Gasteiger partial charge on any atom is 0.243 e. The van der Waals surface area contributed by atoms with E-state index in [1.807, 2.05) is 12.1 Å². The monoisotopic (exact) mass is 346 g/mol. The predicted molar refractivity (Wildman–Crippen MR) is 94.5 cm³/mol. The molecule has 0 unspecified atom stereocenters. The summed E-state index contributed by atoms with van der Waals surface area (Å²) in [5.41, 5.74) is 3.32. The summed E-state index contributed by atoms with van der Waals surface area (Å²) < 4.78 is 31.8. The van der Waals surface area contributed by atoms with Gasteiger partial charge in [-0.2, -0.15) is 4.31 Å². The topological polar surface area (TPSA) is 58.6 Å². The lowest BCUT2D eigenvalue weighted by Crippen LogP contribution is -2.40. The van der Waals surface area contributed by atoms with Gasteiger partial charge in [-0.3, -0.25) is 0 Å². The molecule has 2 aromatic carbocycles. The van der Waals surface area contributed by atoms with E-state index in [1.165, 1.54) is 15.4 Å². The minimum absolute atomic E-state index is 0.324. The summed E-state index contributed by atoms with van der Waals surface area (Å²) >= 11 is 0. The lowest BCUT2D eigenvalue weighted by Gasteiger charge is -2.26. The lowest BCUT2D eigenvalue weighted by atomic mass is 10.1. The van der Waals surface area contributed by atoms with E-state index in [0.717, 1.165) is 5.69 Å². The standard InChI is InChI=1S/C18H22N2O3S/c1-15-2-4-16(5-3-15)14-19-17-6-8-18(9-7-17)24(21,22)20-10-12-23-13-11-20/h2-9,19H,10-14H2,1H3. The Morgan fingerprint density at radius 1 is 1.00 bits per heavy atom. The van der Waals surface area contributed by atoms with Crippen LogP contribution in [-0.2, 0) is 21.3 Å². The van der Waals surface area contributed by atoms with Gasteiger partial charge in [0, 0.05) is 25.3 Å². The third-order valence-corrected chi connectivity index (χ3v) is 5.99. The van der Waals surface area contributed by atoms with E-state index in [2.05, 4.69) is 36.5 Å². The van der Waals surface area contributed by atoms with Gasteiger partial charge < -0.3 is 10.1 Å². The molecule has 1 N–H and O–H groups in total. The van der Waals surface area contributed by atoms with Crippen molar-refractivity contribution in [2.24, 2.45) is 0 Å². The van der Waals surface area contributed by atoms with Crippen LogP contribution >= 0.6 is 0 Å². The van der Waals surface area contributed by atoms with Gasteiger partial charge in [0.25, 0.3) is 0 Å². The average molecular weight is 346 g/mol. The van der Waals surface area contributed by atoms with Gasteiger partial charge in [0.15, 0.2) is 0 Å². The van der Waals surface area contributed by atoms with Crippen molar-refractivity contribution < 1.29 is 13.2 Å². The van der Waals surface area contributed by atoms with E-state index >= 15 is 0 Å². The van der Waals surface area contributed by atoms with E-state index in [9.17, 15) is 8.42 Å². The Bertz CT molecular complexity index is 765. The van der Waals surface area contributed by atoms with E-state index in [1.54, 1.807) is 12.1 Å². The largest absolute Gasteiger partial charge is 0.381 e. The summed E-state index contributed by atoms with van der Waals surface area (Å²) in [5, 5.41) is 3.31. The Morgan fingerprint density at radius 3 is 2.25 bits per heavy atom. The summed E-state index contributed by atoms with van der Waals surface area (Å²) in [6.07, 6.45) is 0. The van der Waals surface area contributed by atoms with Gasteiger partial charge in [-0.15, -0.1) is 0 Å². The molecule has 0 spiro atoms. The van der Waals surface area contributed by atoms with E-state index in [0.29, 0.717) is 37.7 Å². The van der Waals surface area contributed by atoms with Gasteiger partial charge in [-0.1, -0.05) is 29.8 Å². The van der Waals surface area contributed by atoms with Crippen molar-refractivity contribution in [2.45, 2.75) is 18.4 Å². The van der Waals surface area contributed by atoms with Crippen molar-refractivity contribution in [3.63, 3.8) is 0 Å². The van der Waals surface area contributed by atoms with Gasteiger partial charge in [0.1, 0.15) is 0 Å². The molecule has 0 amide bonds. The van der Waals surface area contributed by atoms with Gasteiger partial charge in [-0.05, 0) is 36.8 Å². The van der Waals surface area contributed by atoms with Gasteiger partial charge in [0.05, 0.1) is 18.1 Å². The molecule has 128 valence electrons. The van der Waals surface area contributed by atoms with Crippen LogP contribution in [0.4, 0.5) is 5.69 Å². The molecule has 5 nitrogen and oxygen atoms in total. The minimum atomic E-state index is -3.43. The molecule has 3 rings (SSSR count). The maximum atomic E-state index is 12.6. The zero-order valence-electron chi connectivity index (χ0n) is 13.7. The molecule has 6 heteroatoms. The Kier molecular flexibility index (Phi) is 5.18. The van der Waals surface area contributed by atoms with Crippen LogP contribution in [0.25, 0.3) is 0 Å². The molecule has 0 radical (unpaired) electrons. The highest BCUT2D eigenvalue weighted by molar-refractivity contribution is 7.89. The summed E-state index contributed by atoms with van der Waals surface area (Å²) in [6.45, 7) is 4.50. The number of hydrogen-bond donors (Lipinski definition) is 1. The fourth-order valence-electron chi connectivity index (χ4n) is 2.59. The molecule has 1 fully saturated rings. The Balaban J connectivity index is 1.65. The van der Waals surface area contributed by atoms with Crippen LogP contribution in [0.5, 0.6) is 0 Å². The summed E-state index contributed by atoms with van der Waals surface area (Å²) in [6, 6.07) is 15.2. The number of ether oxygens (including phenoxy) is 1. The normalized spacial score (nSPS) is 16.0. The first-order chi connectivity index (χ1) is 11.6. The number of anilines is 1. The van der Waals surface area contributed by atoms with Crippen LogP contribution in [0.1, 0.15) is 11.1 Å². The second kappa shape index (κ2) is 7.34. The zero-order chi connectivity index (χ0) is 17.0. The number of hydrogen-bond acceptors (Lipinski definition) is 4. The molecule has 1 heterocycles. The molecule has 2 aromatic rings. The number of rotatable bonds is 5. The van der Waals surface area contributed by atoms with Crippen molar-refractivity contribution in [1.29, 1.82) is 0 Å². The molecule has 1 aliphatic heterocycles. The molecule has 24 heavy (non-hydrogen) atoms.